The standard InChI is InChI=1S/C16H22FN3O5S/c17-14-2-1-3-15(16(14)20(21)22)18-12-4-8-19(9-5-12)26(23,24)13-6-10-25-11-7-13/h1-3,12-13,18H,4-11H2. The maximum Gasteiger partial charge on any atom is 0.327 e. The number of ether oxygens (including phenoxy) is 1. The molecular formula is C16H22FN3O5S. The number of nitro groups is 1. The lowest BCUT2D eigenvalue weighted by molar-refractivity contribution is -0.386. The second-order valence-electron chi connectivity index (χ2n) is 6.57. The van der Waals surface area contributed by atoms with Crippen molar-refractivity contribution in [1.29, 1.82) is 0 Å². The third-order valence-electron chi connectivity index (χ3n) is 4.93. The van der Waals surface area contributed by atoms with E-state index in [0.29, 0.717) is 52.0 Å². The molecule has 0 radical (unpaired) electrons. The van der Waals surface area contributed by atoms with E-state index in [1.165, 1.54) is 16.4 Å². The van der Waals surface area contributed by atoms with Gasteiger partial charge in [-0.25, -0.2) is 12.7 Å². The van der Waals surface area contributed by atoms with Crippen molar-refractivity contribution in [2.45, 2.75) is 37.0 Å². The van der Waals surface area contributed by atoms with Crippen molar-refractivity contribution in [1.82, 2.24) is 4.31 Å². The Morgan fingerprint density at radius 1 is 1.19 bits per heavy atom. The highest BCUT2D eigenvalue weighted by atomic mass is 32.2. The highest BCUT2D eigenvalue weighted by molar-refractivity contribution is 7.89. The van der Waals surface area contributed by atoms with Gasteiger partial charge in [0.25, 0.3) is 0 Å². The summed E-state index contributed by atoms with van der Waals surface area (Å²) < 4.78 is 45.8. The van der Waals surface area contributed by atoms with Crippen LogP contribution in [0.4, 0.5) is 15.8 Å². The zero-order chi connectivity index (χ0) is 18.7. The van der Waals surface area contributed by atoms with Crippen LogP contribution in [-0.4, -0.2) is 55.2 Å². The van der Waals surface area contributed by atoms with Gasteiger partial charge in [0.05, 0.1) is 10.2 Å². The summed E-state index contributed by atoms with van der Waals surface area (Å²) in [6.45, 7) is 1.62. The zero-order valence-electron chi connectivity index (χ0n) is 14.3. The van der Waals surface area contributed by atoms with E-state index >= 15 is 0 Å². The molecule has 0 aromatic heterocycles. The average Bonchev–Trinajstić information content (AvgIpc) is 2.63. The number of nitrogens with one attached hydrogen (secondary N) is 1. The summed E-state index contributed by atoms with van der Waals surface area (Å²) in [5.41, 5.74) is -0.453. The van der Waals surface area contributed by atoms with Gasteiger partial charge in [-0.05, 0) is 37.8 Å². The van der Waals surface area contributed by atoms with Crippen LogP contribution in [0.1, 0.15) is 25.7 Å². The third-order valence-corrected chi connectivity index (χ3v) is 7.33. The van der Waals surface area contributed by atoms with Crippen LogP contribution in [0.15, 0.2) is 18.2 Å². The van der Waals surface area contributed by atoms with Crippen molar-refractivity contribution >= 4 is 21.4 Å². The normalized spacial score (nSPS) is 20.8. The summed E-state index contributed by atoms with van der Waals surface area (Å²) >= 11 is 0. The second-order valence-corrected chi connectivity index (χ2v) is 8.78. The quantitative estimate of drug-likeness (QED) is 0.613. The predicted molar refractivity (Wildman–Crippen MR) is 94.0 cm³/mol. The minimum atomic E-state index is -3.35. The molecule has 0 saturated carbocycles. The number of hydrogen-bond donors (Lipinski definition) is 1. The van der Waals surface area contributed by atoms with Crippen molar-refractivity contribution in [2.24, 2.45) is 0 Å². The predicted octanol–water partition coefficient (Wildman–Crippen LogP) is 2.12. The Balaban J connectivity index is 1.63. The van der Waals surface area contributed by atoms with Gasteiger partial charge in [-0.15, -0.1) is 0 Å². The molecule has 0 atom stereocenters. The molecule has 2 heterocycles. The van der Waals surface area contributed by atoms with E-state index in [1.807, 2.05) is 0 Å². The number of benzene rings is 1. The molecule has 0 amide bonds. The molecule has 2 fully saturated rings. The fraction of sp³-hybridized carbons (Fsp3) is 0.625. The number of hydrogen-bond acceptors (Lipinski definition) is 6. The van der Waals surface area contributed by atoms with Gasteiger partial charge in [0.1, 0.15) is 5.69 Å². The van der Waals surface area contributed by atoms with Crippen molar-refractivity contribution in [3.8, 4) is 0 Å². The number of halogens is 1. The number of rotatable bonds is 5. The fourth-order valence-electron chi connectivity index (χ4n) is 3.48. The number of piperidine rings is 1. The molecule has 2 aliphatic rings. The largest absolute Gasteiger partial charge is 0.381 e. The number of para-hydroxylation sites is 1. The monoisotopic (exact) mass is 387 g/mol. The van der Waals surface area contributed by atoms with Crippen LogP contribution in [0.5, 0.6) is 0 Å². The maximum atomic E-state index is 13.7. The van der Waals surface area contributed by atoms with Gasteiger partial charge in [-0.2, -0.15) is 4.39 Å². The number of nitro benzene ring substituents is 1. The number of anilines is 1. The van der Waals surface area contributed by atoms with Gasteiger partial charge in [-0.3, -0.25) is 10.1 Å². The highest BCUT2D eigenvalue weighted by Crippen LogP contribution is 2.30. The first kappa shape index (κ1) is 19.0. The Kier molecular flexibility index (Phi) is 5.73. The molecule has 3 rings (SSSR count). The van der Waals surface area contributed by atoms with Crippen LogP contribution in [0.2, 0.25) is 0 Å². The summed E-state index contributed by atoms with van der Waals surface area (Å²) in [6.07, 6.45) is 2.04. The van der Waals surface area contributed by atoms with E-state index in [2.05, 4.69) is 5.32 Å². The molecule has 0 unspecified atom stereocenters. The smallest absolute Gasteiger partial charge is 0.327 e. The molecule has 144 valence electrons. The molecule has 0 bridgehead atoms. The topological polar surface area (TPSA) is 102 Å². The molecule has 1 aromatic rings. The minimum absolute atomic E-state index is 0.126. The van der Waals surface area contributed by atoms with Gasteiger partial charge in [-0.1, -0.05) is 6.07 Å². The van der Waals surface area contributed by atoms with Crippen molar-refractivity contribution in [3.63, 3.8) is 0 Å². The van der Waals surface area contributed by atoms with E-state index in [9.17, 15) is 22.9 Å². The lowest BCUT2D eigenvalue weighted by Crippen LogP contribution is -2.47. The van der Waals surface area contributed by atoms with Crippen molar-refractivity contribution in [3.05, 3.63) is 34.1 Å². The van der Waals surface area contributed by atoms with Crippen LogP contribution >= 0.6 is 0 Å². The van der Waals surface area contributed by atoms with Crippen molar-refractivity contribution < 1.29 is 22.5 Å². The molecule has 1 aromatic carbocycles. The highest BCUT2D eigenvalue weighted by Gasteiger charge is 2.36. The molecule has 2 aliphatic heterocycles. The van der Waals surface area contributed by atoms with E-state index in [0.717, 1.165) is 6.07 Å². The fourth-order valence-corrected chi connectivity index (χ4v) is 5.41. The summed E-state index contributed by atoms with van der Waals surface area (Å²) in [5, 5.41) is 13.7. The second kappa shape index (κ2) is 7.85. The van der Waals surface area contributed by atoms with Crippen LogP contribution < -0.4 is 5.32 Å². The lowest BCUT2D eigenvalue weighted by Gasteiger charge is -2.35. The molecule has 26 heavy (non-hydrogen) atoms. The van der Waals surface area contributed by atoms with Gasteiger partial charge in [0.15, 0.2) is 0 Å². The van der Waals surface area contributed by atoms with Gasteiger partial charge >= 0.3 is 5.69 Å². The van der Waals surface area contributed by atoms with Gasteiger partial charge in [0, 0.05) is 32.3 Å². The van der Waals surface area contributed by atoms with Gasteiger partial charge in [0.2, 0.25) is 15.8 Å². The third kappa shape index (κ3) is 3.97. The van der Waals surface area contributed by atoms with E-state index in [4.69, 9.17) is 4.74 Å². The van der Waals surface area contributed by atoms with Crippen LogP contribution in [0.25, 0.3) is 0 Å². The Morgan fingerprint density at radius 2 is 1.85 bits per heavy atom. The molecule has 0 aliphatic carbocycles. The molecule has 1 N–H and O–H groups in total. The Labute approximate surface area is 151 Å². The summed E-state index contributed by atoms with van der Waals surface area (Å²) in [6, 6.07) is 3.78. The number of nitrogens with zero attached hydrogens (tertiary/aromatic N) is 2. The Hall–Kier alpha value is -1.78. The zero-order valence-corrected chi connectivity index (χ0v) is 15.1. The molecule has 8 nitrogen and oxygen atoms in total. The van der Waals surface area contributed by atoms with Gasteiger partial charge < -0.3 is 10.1 Å². The lowest BCUT2D eigenvalue weighted by atomic mass is 10.1. The molecule has 10 heteroatoms. The van der Waals surface area contributed by atoms with E-state index in [1.54, 1.807) is 0 Å². The molecule has 2 saturated heterocycles. The van der Waals surface area contributed by atoms with E-state index in [-0.39, 0.29) is 11.7 Å². The van der Waals surface area contributed by atoms with Crippen LogP contribution in [-0.2, 0) is 14.8 Å². The summed E-state index contributed by atoms with van der Waals surface area (Å²) in [4.78, 5) is 10.3. The first-order chi connectivity index (χ1) is 12.4. The maximum absolute atomic E-state index is 13.7. The Bertz CT molecular complexity index is 759. The summed E-state index contributed by atoms with van der Waals surface area (Å²) in [7, 11) is -3.35. The van der Waals surface area contributed by atoms with E-state index < -0.39 is 31.7 Å². The van der Waals surface area contributed by atoms with Crippen LogP contribution in [0, 0.1) is 15.9 Å². The molecular weight excluding hydrogens is 365 g/mol. The first-order valence-corrected chi connectivity index (χ1v) is 10.2. The SMILES string of the molecule is O=[N+]([O-])c1c(F)cccc1NC1CCN(S(=O)(=O)C2CCOCC2)CC1. The molecule has 0 spiro atoms. The van der Waals surface area contributed by atoms with Crippen molar-refractivity contribution in [2.75, 3.05) is 31.6 Å². The minimum Gasteiger partial charge on any atom is -0.381 e. The Morgan fingerprint density at radius 3 is 2.46 bits per heavy atom. The average molecular weight is 387 g/mol. The summed E-state index contributed by atoms with van der Waals surface area (Å²) in [5.74, 6) is -0.889. The first-order valence-electron chi connectivity index (χ1n) is 8.65. The number of sulfonamides is 1. The van der Waals surface area contributed by atoms with Crippen LogP contribution in [0.3, 0.4) is 0 Å².